The van der Waals surface area contributed by atoms with Gasteiger partial charge in [0.15, 0.2) is 17.5 Å². The second kappa shape index (κ2) is 12.3. The van der Waals surface area contributed by atoms with E-state index in [4.69, 9.17) is 19.4 Å². The van der Waals surface area contributed by atoms with E-state index in [1.165, 1.54) is 32.6 Å². The SMILES string of the molecule is c1ccc(-c2nc(-c3ccccc3)nc(-c3cccc4oc5cc(-n6c7ccccc7c7ccc(-n8c9ccccc9c9ccccc98)cc76)ccc5c34)n2)cc1. The van der Waals surface area contributed by atoms with Crippen LogP contribution in [0.3, 0.4) is 0 Å². The Morgan fingerprint density at radius 1 is 0.333 bits per heavy atom. The summed E-state index contributed by atoms with van der Waals surface area (Å²) in [5, 5.41) is 6.85. The number of para-hydroxylation sites is 3. The number of furan rings is 1. The van der Waals surface area contributed by atoms with Crippen LogP contribution in [0.25, 0.3) is 111 Å². The number of benzene rings is 8. The van der Waals surface area contributed by atoms with Crippen molar-refractivity contribution in [1.29, 1.82) is 0 Å². The Labute approximate surface area is 326 Å². The average molecular weight is 730 g/mol. The van der Waals surface area contributed by atoms with Gasteiger partial charge < -0.3 is 13.6 Å². The van der Waals surface area contributed by atoms with Crippen LogP contribution in [0.2, 0.25) is 0 Å². The monoisotopic (exact) mass is 729 g/mol. The van der Waals surface area contributed by atoms with Gasteiger partial charge in [0.25, 0.3) is 0 Å². The fourth-order valence-corrected chi connectivity index (χ4v) is 8.65. The van der Waals surface area contributed by atoms with Crippen molar-refractivity contribution in [1.82, 2.24) is 24.1 Å². The third-order valence-corrected chi connectivity index (χ3v) is 11.2. The predicted molar refractivity (Wildman–Crippen MR) is 232 cm³/mol. The van der Waals surface area contributed by atoms with Crippen molar-refractivity contribution < 1.29 is 4.42 Å². The van der Waals surface area contributed by atoms with Crippen LogP contribution in [0.15, 0.2) is 192 Å². The van der Waals surface area contributed by atoms with Gasteiger partial charge in [-0.1, -0.05) is 133 Å². The van der Waals surface area contributed by atoms with Gasteiger partial charge in [0.05, 0.1) is 22.1 Å². The van der Waals surface area contributed by atoms with Crippen LogP contribution in [0, 0.1) is 0 Å². The van der Waals surface area contributed by atoms with Gasteiger partial charge in [-0.3, -0.25) is 0 Å². The van der Waals surface area contributed by atoms with Crippen LogP contribution in [0.1, 0.15) is 0 Å². The highest BCUT2D eigenvalue weighted by molar-refractivity contribution is 6.14. The highest BCUT2D eigenvalue weighted by Gasteiger charge is 2.20. The van der Waals surface area contributed by atoms with Crippen LogP contribution in [0.4, 0.5) is 0 Å². The molecule has 0 unspecified atom stereocenters. The van der Waals surface area contributed by atoms with Gasteiger partial charge in [-0.2, -0.15) is 0 Å². The quantitative estimate of drug-likeness (QED) is 0.177. The largest absolute Gasteiger partial charge is 0.456 e. The zero-order valence-electron chi connectivity index (χ0n) is 30.5. The maximum absolute atomic E-state index is 6.70. The molecule has 0 fully saturated rings. The lowest BCUT2D eigenvalue weighted by atomic mass is 10.0. The van der Waals surface area contributed by atoms with E-state index in [1.807, 2.05) is 72.8 Å². The Morgan fingerprint density at radius 2 is 0.807 bits per heavy atom. The summed E-state index contributed by atoms with van der Waals surface area (Å²) in [6, 6.07) is 65.6. The summed E-state index contributed by atoms with van der Waals surface area (Å²) >= 11 is 0. The molecule has 266 valence electrons. The second-order valence-electron chi connectivity index (χ2n) is 14.4. The fourth-order valence-electron chi connectivity index (χ4n) is 8.65. The van der Waals surface area contributed by atoms with E-state index in [0.717, 1.165) is 61.0 Å². The summed E-state index contributed by atoms with van der Waals surface area (Å²) in [6.45, 7) is 0. The van der Waals surface area contributed by atoms with Gasteiger partial charge in [0.1, 0.15) is 11.2 Å². The lowest BCUT2D eigenvalue weighted by molar-refractivity contribution is 0.668. The molecule has 57 heavy (non-hydrogen) atoms. The maximum Gasteiger partial charge on any atom is 0.164 e. The smallest absolute Gasteiger partial charge is 0.164 e. The number of fused-ring (bicyclic) bond motifs is 9. The van der Waals surface area contributed by atoms with E-state index in [9.17, 15) is 0 Å². The molecule has 0 aliphatic heterocycles. The fraction of sp³-hybridized carbons (Fsp3) is 0. The van der Waals surface area contributed by atoms with E-state index in [1.54, 1.807) is 0 Å². The zero-order chi connectivity index (χ0) is 37.5. The summed E-state index contributed by atoms with van der Waals surface area (Å²) in [5.74, 6) is 1.84. The summed E-state index contributed by atoms with van der Waals surface area (Å²) in [4.78, 5) is 15.0. The maximum atomic E-state index is 6.70. The molecule has 0 N–H and O–H groups in total. The van der Waals surface area contributed by atoms with Gasteiger partial charge in [0.2, 0.25) is 0 Å². The van der Waals surface area contributed by atoms with Gasteiger partial charge >= 0.3 is 0 Å². The molecule has 6 nitrogen and oxygen atoms in total. The van der Waals surface area contributed by atoms with Crippen LogP contribution < -0.4 is 0 Å². The Hall–Kier alpha value is -7.83. The number of hydrogen-bond acceptors (Lipinski definition) is 4. The summed E-state index contributed by atoms with van der Waals surface area (Å²) in [6.07, 6.45) is 0. The Morgan fingerprint density at radius 3 is 1.40 bits per heavy atom. The second-order valence-corrected chi connectivity index (χ2v) is 14.4. The van der Waals surface area contributed by atoms with Crippen LogP contribution >= 0.6 is 0 Å². The van der Waals surface area contributed by atoms with Crippen molar-refractivity contribution in [2.75, 3.05) is 0 Å². The molecular weight excluding hydrogens is 699 g/mol. The van der Waals surface area contributed by atoms with Crippen molar-refractivity contribution in [3.8, 4) is 45.5 Å². The van der Waals surface area contributed by atoms with Crippen molar-refractivity contribution in [3.05, 3.63) is 188 Å². The molecule has 0 bridgehead atoms. The molecule has 0 aliphatic rings. The number of nitrogens with zero attached hydrogens (tertiary/aromatic N) is 5. The molecule has 0 spiro atoms. The molecule has 0 amide bonds. The van der Waals surface area contributed by atoms with Gasteiger partial charge in [-0.05, 0) is 48.5 Å². The van der Waals surface area contributed by atoms with E-state index in [-0.39, 0.29) is 0 Å². The lowest BCUT2D eigenvalue weighted by Crippen LogP contribution is -2.00. The minimum Gasteiger partial charge on any atom is -0.456 e. The van der Waals surface area contributed by atoms with E-state index >= 15 is 0 Å². The molecule has 12 rings (SSSR count). The summed E-state index contributed by atoms with van der Waals surface area (Å²) in [7, 11) is 0. The third kappa shape index (κ3) is 4.87. The molecule has 0 aliphatic carbocycles. The topological polar surface area (TPSA) is 61.7 Å². The minimum atomic E-state index is 0.597. The highest BCUT2D eigenvalue weighted by Crippen LogP contribution is 2.40. The molecule has 0 radical (unpaired) electrons. The van der Waals surface area contributed by atoms with E-state index in [0.29, 0.717) is 17.5 Å². The van der Waals surface area contributed by atoms with Crippen molar-refractivity contribution >= 4 is 65.6 Å². The summed E-state index contributed by atoms with van der Waals surface area (Å²) < 4.78 is 11.4. The Kier molecular flexibility index (Phi) is 6.83. The van der Waals surface area contributed by atoms with Gasteiger partial charge in [-0.15, -0.1) is 0 Å². The first kappa shape index (κ1) is 31.5. The van der Waals surface area contributed by atoms with Gasteiger partial charge in [0, 0.05) is 66.4 Å². The molecule has 0 saturated carbocycles. The number of hydrogen-bond donors (Lipinski definition) is 0. The number of aromatic nitrogens is 5. The normalized spacial score (nSPS) is 11.9. The Bertz CT molecular complexity index is 3410. The molecule has 0 saturated heterocycles. The van der Waals surface area contributed by atoms with Crippen molar-refractivity contribution in [2.24, 2.45) is 0 Å². The lowest BCUT2D eigenvalue weighted by Gasteiger charge is -2.11. The minimum absolute atomic E-state index is 0.597. The van der Waals surface area contributed by atoms with Crippen molar-refractivity contribution in [3.63, 3.8) is 0 Å². The molecule has 0 atom stereocenters. The van der Waals surface area contributed by atoms with Crippen LogP contribution in [-0.4, -0.2) is 24.1 Å². The summed E-state index contributed by atoms with van der Waals surface area (Å²) in [5.41, 5.74) is 11.1. The Balaban J connectivity index is 1.06. The molecular formula is C51H31N5O. The third-order valence-electron chi connectivity index (χ3n) is 11.2. The molecule has 12 aromatic rings. The van der Waals surface area contributed by atoms with Gasteiger partial charge in [-0.25, -0.2) is 15.0 Å². The average Bonchev–Trinajstić information content (AvgIpc) is 3.94. The predicted octanol–water partition coefficient (Wildman–Crippen LogP) is 13.0. The first-order valence-electron chi connectivity index (χ1n) is 19.1. The highest BCUT2D eigenvalue weighted by atomic mass is 16.3. The first-order chi connectivity index (χ1) is 28.3. The van der Waals surface area contributed by atoms with E-state index in [2.05, 4.69) is 124 Å². The zero-order valence-corrected chi connectivity index (χ0v) is 30.5. The standard InChI is InChI=1S/C51H31N5O/c1-3-14-32(15-4-1)49-52-50(33-16-5-2-6-17-33)54-51(53-49)41-21-13-25-46-48(41)40-29-27-35(31-47(40)57-46)56-44-24-12-9-20-38(44)39-28-26-34(30-45(39)56)55-42-22-10-7-18-36(42)37-19-8-11-23-43(37)55/h1-31H. The molecule has 4 aromatic heterocycles. The van der Waals surface area contributed by atoms with Crippen LogP contribution in [-0.2, 0) is 0 Å². The first-order valence-corrected chi connectivity index (χ1v) is 19.1. The van der Waals surface area contributed by atoms with Crippen molar-refractivity contribution in [2.45, 2.75) is 0 Å². The molecule has 8 aromatic carbocycles. The molecule has 4 heterocycles. The van der Waals surface area contributed by atoms with Crippen LogP contribution in [0.5, 0.6) is 0 Å². The van der Waals surface area contributed by atoms with E-state index < -0.39 is 0 Å². The molecule has 6 heteroatoms. The number of rotatable bonds is 5.